The molecule has 18 heavy (non-hydrogen) atoms. The van der Waals surface area contributed by atoms with E-state index in [2.05, 4.69) is 41.6 Å². The molecule has 0 bridgehead atoms. The summed E-state index contributed by atoms with van der Waals surface area (Å²) in [6.45, 7) is 2.07. The van der Waals surface area contributed by atoms with Crippen molar-refractivity contribution in [1.82, 2.24) is 0 Å². The Balaban J connectivity index is 2.01. The average Bonchev–Trinajstić information content (AvgIpc) is 2.38. The molecule has 0 heterocycles. The van der Waals surface area contributed by atoms with E-state index in [1.54, 1.807) is 11.8 Å². The van der Waals surface area contributed by atoms with Crippen LogP contribution in [0.5, 0.6) is 0 Å². The molecule has 0 fully saturated rings. The fraction of sp³-hybridized carbons (Fsp3) is 0.133. The molecule has 0 aliphatic rings. The minimum Gasteiger partial charge on any atom is -0.293 e. The lowest BCUT2D eigenvalue weighted by atomic mass is 10.2. The van der Waals surface area contributed by atoms with Gasteiger partial charge in [0.15, 0.2) is 5.78 Å². The molecule has 0 saturated carbocycles. The molecule has 0 aliphatic carbocycles. The molecule has 0 saturated heterocycles. The number of rotatable bonds is 4. The molecule has 92 valence electrons. The van der Waals surface area contributed by atoms with Crippen molar-refractivity contribution in [3.8, 4) is 0 Å². The van der Waals surface area contributed by atoms with Crippen molar-refractivity contribution >= 4 is 40.1 Å². The summed E-state index contributed by atoms with van der Waals surface area (Å²) in [7, 11) is 0. The van der Waals surface area contributed by atoms with Gasteiger partial charge in [-0.25, -0.2) is 0 Å². The van der Waals surface area contributed by atoms with Gasteiger partial charge in [0.05, 0.1) is 5.75 Å². The predicted molar refractivity (Wildman–Crippen MR) is 85.4 cm³/mol. The summed E-state index contributed by atoms with van der Waals surface area (Å²) in [6, 6.07) is 15.9. The number of thioether (sulfide) groups is 1. The van der Waals surface area contributed by atoms with E-state index in [-0.39, 0.29) is 5.78 Å². The SMILES string of the molecule is Cc1ccccc1SCC(=O)c1ccc(I)cc1. The van der Waals surface area contributed by atoms with Gasteiger partial charge in [0, 0.05) is 14.0 Å². The summed E-state index contributed by atoms with van der Waals surface area (Å²) in [5.74, 6) is 0.672. The highest BCUT2D eigenvalue weighted by Crippen LogP contribution is 2.22. The van der Waals surface area contributed by atoms with Gasteiger partial charge in [0.1, 0.15) is 0 Å². The molecule has 0 amide bonds. The lowest BCUT2D eigenvalue weighted by Crippen LogP contribution is -2.02. The predicted octanol–water partition coefficient (Wildman–Crippen LogP) is 4.57. The number of Topliss-reactive ketones (excluding diaryl/α,β-unsaturated/α-hetero) is 1. The first-order valence-corrected chi connectivity index (χ1v) is 7.70. The molecule has 2 aromatic carbocycles. The van der Waals surface area contributed by atoms with E-state index in [4.69, 9.17) is 0 Å². The van der Waals surface area contributed by atoms with Gasteiger partial charge in [-0.3, -0.25) is 4.79 Å². The van der Waals surface area contributed by atoms with Gasteiger partial charge in [-0.1, -0.05) is 30.3 Å². The third kappa shape index (κ3) is 3.59. The van der Waals surface area contributed by atoms with Gasteiger partial charge in [-0.05, 0) is 53.3 Å². The Morgan fingerprint density at radius 3 is 2.44 bits per heavy atom. The van der Waals surface area contributed by atoms with Crippen LogP contribution < -0.4 is 0 Å². The van der Waals surface area contributed by atoms with Crippen LogP contribution in [-0.4, -0.2) is 11.5 Å². The van der Waals surface area contributed by atoms with E-state index in [1.165, 1.54) is 10.5 Å². The number of ketones is 1. The Labute approximate surface area is 125 Å². The average molecular weight is 368 g/mol. The zero-order valence-electron chi connectivity index (χ0n) is 10.0. The molecular formula is C15H13IOS. The van der Waals surface area contributed by atoms with Crippen molar-refractivity contribution in [3.05, 3.63) is 63.2 Å². The minimum absolute atomic E-state index is 0.180. The van der Waals surface area contributed by atoms with Gasteiger partial charge in [-0.15, -0.1) is 11.8 Å². The minimum atomic E-state index is 0.180. The maximum absolute atomic E-state index is 12.0. The molecule has 2 rings (SSSR count). The highest BCUT2D eigenvalue weighted by molar-refractivity contribution is 14.1. The Morgan fingerprint density at radius 1 is 1.11 bits per heavy atom. The van der Waals surface area contributed by atoms with E-state index in [1.807, 2.05) is 36.4 Å². The van der Waals surface area contributed by atoms with E-state index >= 15 is 0 Å². The standard InChI is InChI=1S/C15H13IOS/c1-11-4-2-3-5-15(11)18-10-14(17)12-6-8-13(16)9-7-12/h2-9H,10H2,1H3. The topological polar surface area (TPSA) is 17.1 Å². The number of halogens is 1. The largest absolute Gasteiger partial charge is 0.293 e. The number of benzene rings is 2. The van der Waals surface area contributed by atoms with Crippen LogP contribution in [0.2, 0.25) is 0 Å². The second kappa shape index (κ2) is 6.38. The molecular weight excluding hydrogens is 355 g/mol. The Bertz CT molecular complexity index is 549. The maximum Gasteiger partial charge on any atom is 0.173 e. The molecule has 0 unspecified atom stereocenters. The summed E-state index contributed by atoms with van der Waals surface area (Å²) in [5.41, 5.74) is 2.01. The second-order valence-electron chi connectivity index (χ2n) is 3.98. The Hall–Kier alpha value is -0.810. The summed E-state index contributed by atoms with van der Waals surface area (Å²) in [6.07, 6.45) is 0. The van der Waals surface area contributed by atoms with Crippen molar-refractivity contribution in [1.29, 1.82) is 0 Å². The van der Waals surface area contributed by atoms with Crippen LogP contribution in [0.3, 0.4) is 0 Å². The van der Waals surface area contributed by atoms with E-state index in [0.717, 1.165) is 9.13 Å². The van der Waals surface area contributed by atoms with Gasteiger partial charge < -0.3 is 0 Å². The summed E-state index contributed by atoms with van der Waals surface area (Å²) in [5, 5.41) is 0. The summed E-state index contributed by atoms with van der Waals surface area (Å²) < 4.78 is 1.15. The Kier molecular flexibility index (Phi) is 4.83. The molecule has 0 N–H and O–H groups in total. The maximum atomic E-state index is 12.0. The summed E-state index contributed by atoms with van der Waals surface area (Å²) in [4.78, 5) is 13.2. The van der Waals surface area contributed by atoms with Crippen LogP contribution in [0.25, 0.3) is 0 Å². The molecule has 0 aliphatic heterocycles. The molecule has 1 nitrogen and oxygen atoms in total. The monoisotopic (exact) mass is 368 g/mol. The zero-order chi connectivity index (χ0) is 13.0. The number of hydrogen-bond donors (Lipinski definition) is 0. The van der Waals surface area contributed by atoms with Crippen LogP contribution in [0.1, 0.15) is 15.9 Å². The van der Waals surface area contributed by atoms with E-state index < -0.39 is 0 Å². The van der Waals surface area contributed by atoms with Gasteiger partial charge in [0.2, 0.25) is 0 Å². The highest BCUT2D eigenvalue weighted by atomic mass is 127. The molecule has 0 radical (unpaired) electrons. The third-order valence-electron chi connectivity index (χ3n) is 2.62. The number of carbonyl (C=O) groups excluding carboxylic acids is 1. The smallest absolute Gasteiger partial charge is 0.173 e. The van der Waals surface area contributed by atoms with Gasteiger partial charge in [-0.2, -0.15) is 0 Å². The van der Waals surface area contributed by atoms with Crippen LogP contribution in [-0.2, 0) is 0 Å². The fourth-order valence-electron chi connectivity index (χ4n) is 1.58. The number of hydrogen-bond acceptors (Lipinski definition) is 2. The molecule has 0 atom stereocenters. The quantitative estimate of drug-likeness (QED) is 0.447. The lowest BCUT2D eigenvalue weighted by Gasteiger charge is -2.04. The van der Waals surface area contributed by atoms with Gasteiger partial charge >= 0.3 is 0 Å². The second-order valence-corrected chi connectivity index (χ2v) is 6.25. The Morgan fingerprint density at radius 2 is 1.78 bits per heavy atom. The van der Waals surface area contributed by atoms with Gasteiger partial charge in [0.25, 0.3) is 0 Å². The van der Waals surface area contributed by atoms with Crippen molar-refractivity contribution in [2.75, 3.05) is 5.75 Å². The highest BCUT2D eigenvalue weighted by Gasteiger charge is 2.07. The third-order valence-corrected chi connectivity index (χ3v) is 4.51. The van der Waals surface area contributed by atoms with Crippen molar-refractivity contribution < 1.29 is 4.79 Å². The van der Waals surface area contributed by atoms with E-state index in [0.29, 0.717) is 5.75 Å². The number of aryl methyl sites for hydroxylation is 1. The zero-order valence-corrected chi connectivity index (χ0v) is 13.0. The van der Waals surface area contributed by atoms with Crippen molar-refractivity contribution in [3.63, 3.8) is 0 Å². The first-order chi connectivity index (χ1) is 8.66. The summed E-state index contributed by atoms with van der Waals surface area (Å²) >= 11 is 3.84. The van der Waals surface area contributed by atoms with Crippen molar-refractivity contribution in [2.24, 2.45) is 0 Å². The van der Waals surface area contributed by atoms with E-state index in [9.17, 15) is 4.79 Å². The van der Waals surface area contributed by atoms with Crippen LogP contribution in [0.4, 0.5) is 0 Å². The molecule has 0 aromatic heterocycles. The first kappa shape index (κ1) is 13.6. The van der Waals surface area contributed by atoms with Crippen LogP contribution in [0, 0.1) is 10.5 Å². The van der Waals surface area contributed by atoms with Crippen LogP contribution in [0.15, 0.2) is 53.4 Å². The molecule has 2 aromatic rings. The van der Waals surface area contributed by atoms with Crippen molar-refractivity contribution in [2.45, 2.75) is 11.8 Å². The lowest BCUT2D eigenvalue weighted by molar-refractivity contribution is 0.102. The fourth-order valence-corrected chi connectivity index (χ4v) is 2.86. The normalized spacial score (nSPS) is 10.3. The molecule has 0 spiro atoms. The first-order valence-electron chi connectivity index (χ1n) is 5.64. The number of carbonyl (C=O) groups is 1. The van der Waals surface area contributed by atoms with Crippen LogP contribution >= 0.6 is 34.4 Å². The molecule has 3 heteroatoms.